The smallest absolute Gasteiger partial charge is 0.148 e. The summed E-state index contributed by atoms with van der Waals surface area (Å²) in [4.78, 5) is 9.83. The van der Waals surface area contributed by atoms with Crippen LogP contribution in [0.5, 0.6) is 11.5 Å². The molecule has 252 valence electrons. The maximum atomic E-state index is 6.48. The molecule has 0 saturated carbocycles. The Labute approximate surface area is 311 Å². The van der Waals surface area contributed by atoms with Crippen LogP contribution in [0, 0.1) is 12.1 Å². The molecule has 6 aromatic carbocycles. The Morgan fingerprint density at radius 1 is 0.647 bits per heavy atom. The van der Waals surface area contributed by atoms with Crippen LogP contribution >= 0.6 is 0 Å². The van der Waals surface area contributed by atoms with Gasteiger partial charge in [-0.1, -0.05) is 97.2 Å². The molecule has 1 aliphatic heterocycles. The molecule has 0 bridgehead atoms. The van der Waals surface area contributed by atoms with Gasteiger partial charge in [-0.2, -0.15) is 17.1 Å². The maximum absolute atomic E-state index is 6.48. The van der Waals surface area contributed by atoms with E-state index in [9.17, 15) is 0 Å². The number of hydrogen-bond donors (Lipinski definition) is 0. The molecule has 0 unspecified atom stereocenters. The van der Waals surface area contributed by atoms with E-state index < -0.39 is 0 Å². The molecule has 0 aliphatic carbocycles. The summed E-state index contributed by atoms with van der Waals surface area (Å²) in [5.74, 6) is 2.38. The van der Waals surface area contributed by atoms with Gasteiger partial charge in [0.2, 0.25) is 0 Å². The molecular formula is C44H33N4O2Pt-. The number of para-hydroxylation sites is 4. The number of pyridine rings is 1. The molecule has 7 heteroatoms. The average molecular weight is 845 g/mol. The summed E-state index contributed by atoms with van der Waals surface area (Å²) < 4.78 is 8.66. The summed E-state index contributed by atoms with van der Waals surface area (Å²) in [7, 11) is 0. The third-order valence-electron chi connectivity index (χ3n) is 9.14. The molecule has 0 amide bonds. The molecule has 51 heavy (non-hydrogen) atoms. The summed E-state index contributed by atoms with van der Waals surface area (Å²) in [6, 6.07) is 56.6. The van der Waals surface area contributed by atoms with Crippen molar-refractivity contribution in [2.24, 2.45) is 0 Å². The van der Waals surface area contributed by atoms with Crippen LogP contribution in [-0.4, -0.2) is 14.5 Å². The Morgan fingerprint density at radius 3 is 2.22 bits per heavy atom. The van der Waals surface area contributed by atoms with Crippen molar-refractivity contribution >= 4 is 44.6 Å². The number of benzene rings is 6. The third kappa shape index (κ3) is 5.87. The molecule has 0 atom stereocenters. The van der Waals surface area contributed by atoms with Crippen LogP contribution < -0.4 is 14.9 Å². The molecule has 0 saturated heterocycles. The van der Waals surface area contributed by atoms with E-state index in [-0.39, 0.29) is 21.1 Å². The van der Waals surface area contributed by atoms with Crippen molar-refractivity contribution in [2.45, 2.75) is 19.8 Å². The van der Waals surface area contributed by atoms with Crippen LogP contribution in [0.1, 0.15) is 25.3 Å². The van der Waals surface area contributed by atoms with Crippen LogP contribution in [0.4, 0.5) is 22.7 Å². The molecule has 3 heterocycles. The predicted molar refractivity (Wildman–Crippen MR) is 201 cm³/mol. The normalized spacial score (nSPS) is 12.4. The SMILES string of the molecule is CC(C)c1ccccc1-c1ccnc(-n2c3[c-]c(Oc4[c-]c(N5[OH+]N(c6ccccc6)c6ccccc65)ccc4)ccc3c3ccccc32)c1.[Pt]. The number of rotatable bonds is 7. The van der Waals surface area contributed by atoms with E-state index >= 15 is 0 Å². The van der Waals surface area contributed by atoms with Gasteiger partial charge in [0.15, 0.2) is 0 Å². The number of nitrogens with zero attached hydrogens (tertiary/aromatic N) is 4. The third-order valence-corrected chi connectivity index (χ3v) is 9.14. The summed E-state index contributed by atoms with van der Waals surface area (Å²) >= 11 is 0. The van der Waals surface area contributed by atoms with Crippen LogP contribution in [-0.2, 0) is 21.1 Å². The van der Waals surface area contributed by atoms with Crippen LogP contribution in [0.2, 0.25) is 0 Å². The fourth-order valence-electron chi connectivity index (χ4n) is 6.83. The van der Waals surface area contributed by atoms with Crippen LogP contribution in [0.25, 0.3) is 38.8 Å². The zero-order valence-electron chi connectivity index (χ0n) is 28.0. The van der Waals surface area contributed by atoms with Gasteiger partial charge in [0.1, 0.15) is 22.9 Å². The minimum absolute atomic E-state index is 0. The van der Waals surface area contributed by atoms with Gasteiger partial charge in [0, 0.05) is 50.0 Å². The van der Waals surface area contributed by atoms with Crippen molar-refractivity contribution in [3.05, 3.63) is 169 Å². The fraction of sp³-hybridized carbons (Fsp3) is 0.0682. The van der Waals surface area contributed by atoms with Crippen molar-refractivity contribution in [3.63, 3.8) is 0 Å². The molecule has 0 fully saturated rings. The minimum atomic E-state index is 0. The topological polar surface area (TPSA) is 46.3 Å². The van der Waals surface area contributed by atoms with Gasteiger partial charge in [-0.15, -0.1) is 40.8 Å². The van der Waals surface area contributed by atoms with Gasteiger partial charge in [-0.3, -0.25) is 0 Å². The average Bonchev–Trinajstić information content (AvgIpc) is 3.71. The Balaban J connectivity index is 0.00000374. The molecule has 2 aromatic heterocycles. The number of anilines is 4. The fourth-order valence-corrected chi connectivity index (χ4v) is 6.83. The summed E-state index contributed by atoms with van der Waals surface area (Å²) in [5, 5.41) is 6.05. The maximum Gasteiger partial charge on any atom is 0.148 e. The van der Waals surface area contributed by atoms with Gasteiger partial charge < -0.3 is 9.30 Å². The van der Waals surface area contributed by atoms with E-state index in [0.29, 0.717) is 17.4 Å². The summed E-state index contributed by atoms with van der Waals surface area (Å²) in [6.45, 7) is 4.46. The molecule has 0 radical (unpaired) electrons. The first-order valence-electron chi connectivity index (χ1n) is 16.8. The molecule has 1 aliphatic rings. The Kier molecular flexibility index (Phi) is 8.64. The van der Waals surface area contributed by atoms with Gasteiger partial charge in [-0.25, -0.2) is 4.98 Å². The predicted octanol–water partition coefficient (Wildman–Crippen LogP) is 11.5. The van der Waals surface area contributed by atoms with E-state index in [2.05, 4.69) is 122 Å². The number of ether oxygens (including phenoxy) is 1. The van der Waals surface area contributed by atoms with E-state index in [0.717, 1.165) is 55.9 Å². The number of hydrogen-bond acceptors (Lipinski definition) is 4. The molecule has 6 nitrogen and oxygen atoms in total. The van der Waals surface area contributed by atoms with Gasteiger partial charge in [-0.05, 0) is 70.5 Å². The van der Waals surface area contributed by atoms with Crippen molar-refractivity contribution in [3.8, 4) is 28.4 Å². The van der Waals surface area contributed by atoms with E-state index in [4.69, 9.17) is 14.7 Å². The quantitative estimate of drug-likeness (QED) is 0.118. The van der Waals surface area contributed by atoms with E-state index in [1.54, 1.807) is 0 Å². The second-order valence-corrected chi connectivity index (χ2v) is 12.6. The van der Waals surface area contributed by atoms with Crippen molar-refractivity contribution in [1.82, 2.24) is 9.55 Å². The molecule has 9 rings (SSSR count). The molecular weight excluding hydrogens is 812 g/mol. The van der Waals surface area contributed by atoms with Gasteiger partial charge in [0.05, 0.1) is 0 Å². The second kappa shape index (κ2) is 13.6. The van der Waals surface area contributed by atoms with Crippen molar-refractivity contribution in [2.75, 3.05) is 10.1 Å². The monoisotopic (exact) mass is 844 g/mol. The standard InChI is InChI=1S/C44H32N4O2.Pt/c1-30(2)36-17-6-7-18-37(36)31-25-26-45-44(27-31)46-40-20-9-8-19-38(40)39-24-23-35(29-43(39)46)49-34-16-12-15-33(28-34)48-42-22-11-10-21-41(42)47(50-48)32-13-4-3-5-14-32;/h3-27,30H,1-2H3;/q-2;/p+1. The first kappa shape index (κ1) is 32.5. The second-order valence-electron chi connectivity index (χ2n) is 12.6. The molecule has 0 spiro atoms. The zero-order valence-corrected chi connectivity index (χ0v) is 30.2. The number of aromatic nitrogens is 2. The largest absolute Gasteiger partial charge is 0.509 e. The van der Waals surface area contributed by atoms with E-state index in [1.807, 2.05) is 70.9 Å². The van der Waals surface area contributed by atoms with E-state index in [1.165, 1.54) is 11.1 Å². The first-order chi connectivity index (χ1) is 24.6. The zero-order chi connectivity index (χ0) is 33.6. The number of fused-ring (bicyclic) bond motifs is 4. The molecule has 8 aromatic rings. The summed E-state index contributed by atoms with van der Waals surface area (Å²) in [5.41, 5.74) is 9.32. The first-order valence-corrected chi connectivity index (χ1v) is 16.8. The minimum Gasteiger partial charge on any atom is -0.509 e. The Hall–Kier alpha value is -5.68. The Morgan fingerprint density at radius 2 is 1.37 bits per heavy atom. The van der Waals surface area contributed by atoms with Gasteiger partial charge in [0.25, 0.3) is 0 Å². The van der Waals surface area contributed by atoms with Gasteiger partial charge >= 0.3 is 0 Å². The van der Waals surface area contributed by atoms with Crippen LogP contribution in [0.3, 0.4) is 0 Å². The van der Waals surface area contributed by atoms with Crippen molar-refractivity contribution in [1.29, 1.82) is 0 Å². The van der Waals surface area contributed by atoms with Crippen molar-refractivity contribution < 1.29 is 30.7 Å². The Bertz CT molecular complexity index is 2510. The molecule has 1 N–H and O–H groups in total. The summed E-state index contributed by atoms with van der Waals surface area (Å²) in [6.07, 6.45) is 1.89. The van der Waals surface area contributed by atoms with Crippen LogP contribution in [0.15, 0.2) is 152 Å².